The molecule has 4 unspecified atom stereocenters. The molecule has 1 saturated heterocycles. The van der Waals surface area contributed by atoms with E-state index in [1.165, 1.54) is 12.8 Å². The Labute approximate surface area is 121 Å². The molecule has 2 rings (SSSR count). The van der Waals surface area contributed by atoms with Gasteiger partial charge in [0.15, 0.2) is 0 Å². The van der Waals surface area contributed by atoms with Gasteiger partial charge in [-0.3, -0.25) is 9.59 Å². The summed E-state index contributed by atoms with van der Waals surface area (Å²) in [6.07, 6.45) is 5.32. The smallest absolute Gasteiger partial charge is 0.308 e. The lowest BCUT2D eigenvalue weighted by molar-refractivity contribution is -0.150. The molecular weight excluding hydrogens is 254 g/mol. The lowest BCUT2D eigenvalue weighted by Crippen LogP contribution is -2.48. The van der Waals surface area contributed by atoms with Gasteiger partial charge in [-0.15, -0.1) is 0 Å². The van der Waals surface area contributed by atoms with Crippen LogP contribution in [-0.4, -0.2) is 30.9 Å². The van der Waals surface area contributed by atoms with E-state index in [-0.39, 0.29) is 23.8 Å². The summed E-state index contributed by atoms with van der Waals surface area (Å²) in [6.45, 7) is 5.47. The molecule has 0 bridgehead atoms. The molecule has 4 nitrogen and oxygen atoms in total. The van der Waals surface area contributed by atoms with Crippen LogP contribution in [0.15, 0.2) is 0 Å². The minimum absolute atomic E-state index is 0.00695. The van der Waals surface area contributed by atoms with Crippen LogP contribution in [0.2, 0.25) is 0 Å². The number of esters is 1. The number of carbonyl (C=O) groups is 2. The summed E-state index contributed by atoms with van der Waals surface area (Å²) < 4.78 is 5.12. The van der Waals surface area contributed by atoms with Crippen molar-refractivity contribution < 1.29 is 14.3 Å². The van der Waals surface area contributed by atoms with E-state index in [1.807, 2.05) is 6.92 Å². The van der Waals surface area contributed by atoms with Gasteiger partial charge >= 0.3 is 5.97 Å². The lowest BCUT2D eigenvalue weighted by atomic mass is 9.73. The second kappa shape index (κ2) is 7.21. The molecule has 0 amide bonds. The third kappa shape index (κ3) is 3.60. The lowest BCUT2D eigenvalue weighted by Gasteiger charge is -2.37. The zero-order valence-corrected chi connectivity index (χ0v) is 12.7. The summed E-state index contributed by atoms with van der Waals surface area (Å²) in [6, 6.07) is 0.262. The zero-order chi connectivity index (χ0) is 14.5. The van der Waals surface area contributed by atoms with Crippen LogP contribution in [0.5, 0.6) is 0 Å². The summed E-state index contributed by atoms with van der Waals surface area (Å²) in [4.78, 5) is 24.1. The summed E-state index contributed by atoms with van der Waals surface area (Å²) in [7, 11) is 0. The fourth-order valence-corrected chi connectivity index (χ4v) is 3.63. The number of carbonyl (C=O) groups excluding carboxylic acids is 2. The minimum atomic E-state index is -0.118. The largest absolute Gasteiger partial charge is 0.466 e. The number of ketones is 1. The topological polar surface area (TPSA) is 55.4 Å². The highest BCUT2D eigenvalue weighted by Gasteiger charge is 2.39. The first-order valence-corrected chi connectivity index (χ1v) is 8.08. The third-order valence-corrected chi connectivity index (χ3v) is 4.92. The van der Waals surface area contributed by atoms with Gasteiger partial charge in [0.05, 0.1) is 12.5 Å². The fourth-order valence-electron chi connectivity index (χ4n) is 3.63. The summed E-state index contributed by atoms with van der Waals surface area (Å²) in [5.74, 6) is 0.860. The van der Waals surface area contributed by atoms with E-state index in [4.69, 9.17) is 4.74 Å². The quantitative estimate of drug-likeness (QED) is 0.803. The molecule has 2 fully saturated rings. The Morgan fingerprint density at radius 2 is 2.10 bits per heavy atom. The summed E-state index contributed by atoms with van der Waals surface area (Å²) in [5, 5.41) is 3.50. The highest BCUT2D eigenvalue weighted by atomic mass is 16.5. The average Bonchev–Trinajstić information content (AvgIpc) is 2.48. The number of hydrogen-bond acceptors (Lipinski definition) is 4. The van der Waals surface area contributed by atoms with Crippen molar-refractivity contribution in [3.63, 3.8) is 0 Å². The molecule has 20 heavy (non-hydrogen) atoms. The predicted octanol–water partition coefficient (Wildman–Crippen LogP) is 2.31. The Morgan fingerprint density at radius 3 is 2.80 bits per heavy atom. The zero-order valence-electron chi connectivity index (χ0n) is 12.7. The Hall–Kier alpha value is -0.900. The van der Waals surface area contributed by atoms with Gasteiger partial charge in [0.25, 0.3) is 0 Å². The normalized spacial score (nSPS) is 34.8. The van der Waals surface area contributed by atoms with E-state index in [2.05, 4.69) is 12.2 Å². The predicted molar refractivity (Wildman–Crippen MR) is 77.3 cm³/mol. The number of rotatable bonds is 4. The van der Waals surface area contributed by atoms with Crippen molar-refractivity contribution in [2.45, 2.75) is 58.4 Å². The molecule has 1 N–H and O–H groups in total. The first-order chi connectivity index (χ1) is 9.65. The highest BCUT2D eigenvalue weighted by molar-refractivity contribution is 5.85. The first kappa shape index (κ1) is 15.5. The van der Waals surface area contributed by atoms with Crippen molar-refractivity contribution in [1.82, 2.24) is 5.32 Å². The number of ether oxygens (including phenoxy) is 1. The minimum Gasteiger partial charge on any atom is -0.466 e. The van der Waals surface area contributed by atoms with Gasteiger partial charge in [-0.1, -0.05) is 13.3 Å². The second-order valence-corrected chi connectivity index (χ2v) is 6.16. The summed E-state index contributed by atoms with van der Waals surface area (Å²) in [5.41, 5.74) is 0. The van der Waals surface area contributed by atoms with Gasteiger partial charge in [-0.25, -0.2) is 0 Å². The Kier molecular flexibility index (Phi) is 5.58. The van der Waals surface area contributed by atoms with Crippen LogP contribution in [-0.2, 0) is 14.3 Å². The van der Waals surface area contributed by atoms with Crippen molar-refractivity contribution in [3.8, 4) is 0 Å². The third-order valence-electron chi connectivity index (χ3n) is 4.92. The van der Waals surface area contributed by atoms with Crippen molar-refractivity contribution in [2.75, 3.05) is 13.2 Å². The van der Waals surface area contributed by atoms with Crippen molar-refractivity contribution in [1.29, 1.82) is 0 Å². The van der Waals surface area contributed by atoms with Crippen LogP contribution in [0, 0.1) is 17.8 Å². The molecule has 0 aromatic heterocycles. The molecule has 1 aliphatic heterocycles. The molecule has 0 aromatic carbocycles. The van der Waals surface area contributed by atoms with Crippen LogP contribution >= 0.6 is 0 Å². The number of Topliss-reactive ketones (excluding diaryl/α,β-unsaturated/α-hetero) is 1. The van der Waals surface area contributed by atoms with E-state index >= 15 is 0 Å². The van der Waals surface area contributed by atoms with Gasteiger partial charge in [0.1, 0.15) is 5.78 Å². The van der Waals surface area contributed by atoms with Gasteiger partial charge in [0.2, 0.25) is 0 Å². The monoisotopic (exact) mass is 281 g/mol. The maximum atomic E-state index is 12.2. The van der Waals surface area contributed by atoms with E-state index in [1.54, 1.807) is 0 Å². The molecule has 0 radical (unpaired) electrons. The Morgan fingerprint density at radius 1 is 1.30 bits per heavy atom. The van der Waals surface area contributed by atoms with E-state index in [0.717, 1.165) is 18.9 Å². The molecule has 1 saturated carbocycles. The molecule has 0 aromatic rings. The maximum absolute atomic E-state index is 12.2. The fraction of sp³-hybridized carbons (Fsp3) is 0.875. The standard InChI is InChI=1S/C16H27NO3/c1-3-11-7-8-17-14(9-11)13-10-12(5-6-15(13)18)16(19)20-4-2/h11-14,17H,3-10H2,1-2H3. The molecule has 114 valence electrons. The molecule has 4 heteroatoms. The molecule has 4 atom stereocenters. The average molecular weight is 281 g/mol. The number of hydrogen-bond donors (Lipinski definition) is 1. The Bertz CT molecular complexity index is 356. The van der Waals surface area contributed by atoms with E-state index < -0.39 is 0 Å². The molecule has 0 spiro atoms. The van der Waals surface area contributed by atoms with Gasteiger partial charge in [-0.2, -0.15) is 0 Å². The van der Waals surface area contributed by atoms with Gasteiger partial charge in [0, 0.05) is 18.4 Å². The van der Waals surface area contributed by atoms with Gasteiger partial charge < -0.3 is 10.1 Å². The molecule has 1 aliphatic carbocycles. The highest BCUT2D eigenvalue weighted by Crippen LogP contribution is 2.33. The van der Waals surface area contributed by atoms with Crippen LogP contribution in [0.3, 0.4) is 0 Å². The molecular formula is C16H27NO3. The maximum Gasteiger partial charge on any atom is 0.308 e. The number of nitrogens with one attached hydrogen (secondary N) is 1. The molecule has 1 heterocycles. The SMILES string of the molecule is CCOC(=O)C1CCC(=O)C(C2CC(CC)CCN2)C1. The Balaban J connectivity index is 1.97. The second-order valence-electron chi connectivity index (χ2n) is 6.16. The van der Waals surface area contributed by atoms with Crippen LogP contribution in [0.25, 0.3) is 0 Å². The first-order valence-electron chi connectivity index (χ1n) is 8.08. The van der Waals surface area contributed by atoms with E-state index in [0.29, 0.717) is 31.7 Å². The van der Waals surface area contributed by atoms with Crippen LogP contribution < -0.4 is 5.32 Å². The molecule has 2 aliphatic rings. The van der Waals surface area contributed by atoms with Crippen molar-refractivity contribution >= 4 is 11.8 Å². The van der Waals surface area contributed by atoms with Crippen molar-refractivity contribution in [2.24, 2.45) is 17.8 Å². The summed E-state index contributed by atoms with van der Waals surface area (Å²) >= 11 is 0. The van der Waals surface area contributed by atoms with Crippen LogP contribution in [0.1, 0.15) is 52.4 Å². The van der Waals surface area contributed by atoms with E-state index in [9.17, 15) is 9.59 Å². The van der Waals surface area contributed by atoms with Gasteiger partial charge in [-0.05, 0) is 45.1 Å². The van der Waals surface area contributed by atoms with Crippen molar-refractivity contribution in [3.05, 3.63) is 0 Å². The number of piperidine rings is 1. The van der Waals surface area contributed by atoms with Crippen LogP contribution in [0.4, 0.5) is 0 Å².